The zero-order valence-corrected chi connectivity index (χ0v) is 18.1. The van der Waals surface area contributed by atoms with Crippen LogP contribution >= 0.6 is 0 Å². The highest BCUT2D eigenvalue weighted by molar-refractivity contribution is 6.23. The summed E-state index contributed by atoms with van der Waals surface area (Å²) in [6, 6.07) is 22.4. The Morgan fingerprint density at radius 1 is 0.879 bits per heavy atom. The van der Waals surface area contributed by atoms with Gasteiger partial charge in [-0.2, -0.15) is 0 Å². The Kier molecular flexibility index (Phi) is 5.48. The highest BCUT2D eigenvalue weighted by atomic mass is 16.7. The van der Waals surface area contributed by atoms with Gasteiger partial charge in [0.1, 0.15) is 17.4 Å². The van der Waals surface area contributed by atoms with Crippen LogP contribution in [0.25, 0.3) is 0 Å². The van der Waals surface area contributed by atoms with E-state index in [1.54, 1.807) is 53.6 Å². The lowest BCUT2D eigenvalue weighted by Crippen LogP contribution is -2.37. The first-order chi connectivity index (χ1) is 16.1. The second kappa shape index (κ2) is 8.60. The molecule has 33 heavy (non-hydrogen) atoms. The molecular weight excluding hydrogens is 420 g/mol. The average Bonchev–Trinajstić information content (AvgIpc) is 3.35. The van der Waals surface area contributed by atoms with Gasteiger partial charge in [0.25, 0.3) is 5.91 Å². The number of nitrogens with zero attached hydrogens (tertiary/aromatic N) is 2. The number of phenolic OH excluding ortho intramolecular Hbond substituents is 1. The highest BCUT2D eigenvalue weighted by Crippen LogP contribution is 2.47. The van der Waals surface area contributed by atoms with Crippen LogP contribution in [0.4, 0.5) is 11.4 Å². The van der Waals surface area contributed by atoms with Gasteiger partial charge in [0, 0.05) is 0 Å². The molecule has 2 heterocycles. The fourth-order valence-electron chi connectivity index (χ4n) is 4.39. The van der Waals surface area contributed by atoms with Crippen molar-refractivity contribution < 1.29 is 24.3 Å². The van der Waals surface area contributed by atoms with Gasteiger partial charge >= 0.3 is 0 Å². The number of hydrogen-bond donors (Lipinski definition) is 1. The van der Waals surface area contributed by atoms with Crippen molar-refractivity contribution in [3.63, 3.8) is 0 Å². The minimum Gasteiger partial charge on any atom is -0.508 e. The summed E-state index contributed by atoms with van der Waals surface area (Å²) in [6.45, 7) is 2.63. The van der Waals surface area contributed by atoms with E-state index in [1.165, 1.54) is 4.90 Å². The van der Waals surface area contributed by atoms with Crippen molar-refractivity contribution in [1.29, 1.82) is 0 Å². The SMILES string of the molecule is CCCOc1ccc(N2C(=O)[C@H]3[C@@H](ON(c4ccccc4)[C@H]3c3ccc(O)cc3)C2=O)cc1. The first kappa shape index (κ1) is 21.0. The van der Waals surface area contributed by atoms with E-state index in [0.717, 1.165) is 17.7 Å². The van der Waals surface area contributed by atoms with Gasteiger partial charge < -0.3 is 9.84 Å². The first-order valence-corrected chi connectivity index (χ1v) is 11.0. The van der Waals surface area contributed by atoms with Gasteiger partial charge in [0.15, 0.2) is 6.10 Å². The average molecular weight is 444 g/mol. The van der Waals surface area contributed by atoms with E-state index in [2.05, 4.69) is 0 Å². The number of benzene rings is 3. The lowest BCUT2D eigenvalue weighted by Gasteiger charge is -2.28. The normalized spacial score (nSPS) is 22.0. The quantitative estimate of drug-likeness (QED) is 0.573. The maximum absolute atomic E-state index is 13.6. The number of anilines is 2. The topological polar surface area (TPSA) is 79.3 Å². The van der Waals surface area contributed by atoms with E-state index in [-0.39, 0.29) is 11.7 Å². The van der Waals surface area contributed by atoms with Gasteiger partial charge in [-0.1, -0.05) is 37.3 Å². The number of ether oxygens (including phenoxy) is 1. The molecule has 0 aromatic heterocycles. The number of phenols is 1. The molecule has 5 rings (SSSR count). The summed E-state index contributed by atoms with van der Waals surface area (Å²) in [6.07, 6.45) is -0.0465. The maximum Gasteiger partial charge on any atom is 0.266 e. The molecule has 2 amide bonds. The van der Waals surface area contributed by atoms with Gasteiger partial charge in [-0.15, -0.1) is 0 Å². The highest BCUT2D eigenvalue weighted by Gasteiger charge is 2.60. The Labute approximate surface area is 191 Å². The Morgan fingerprint density at radius 2 is 1.58 bits per heavy atom. The van der Waals surface area contributed by atoms with Gasteiger partial charge in [-0.3, -0.25) is 14.4 Å². The second-order valence-electron chi connectivity index (χ2n) is 8.10. The number of hydroxylamine groups is 1. The Hall–Kier alpha value is -3.84. The summed E-state index contributed by atoms with van der Waals surface area (Å²) in [5.74, 6) is -0.619. The van der Waals surface area contributed by atoms with Crippen LogP contribution in [0.5, 0.6) is 11.5 Å². The molecule has 0 radical (unpaired) electrons. The summed E-state index contributed by atoms with van der Waals surface area (Å²) in [5.41, 5.74) is 2.01. The maximum atomic E-state index is 13.6. The number of carbonyl (C=O) groups is 2. The molecular formula is C26H24N2O5. The molecule has 3 aromatic rings. The van der Waals surface area contributed by atoms with Crippen LogP contribution in [-0.4, -0.2) is 29.6 Å². The Morgan fingerprint density at radius 3 is 2.24 bits per heavy atom. The molecule has 2 saturated heterocycles. The number of para-hydroxylation sites is 1. The molecule has 2 aliphatic heterocycles. The van der Waals surface area contributed by atoms with E-state index in [0.29, 0.717) is 18.0 Å². The van der Waals surface area contributed by atoms with Gasteiger partial charge in [0.2, 0.25) is 5.91 Å². The van der Waals surface area contributed by atoms with Crippen molar-refractivity contribution in [2.75, 3.05) is 16.6 Å². The Bertz CT molecular complexity index is 1150. The zero-order valence-electron chi connectivity index (χ0n) is 18.1. The minimum absolute atomic E-state index is 0.126. The fourth-order valence-corrected chi connectivity index (χ4v) is 4.39. The molecule has 0 aliphatic carbocycles. The van der Waals surface area contributed by atoms with Crippen molar-refractivity contribution in [3.05, 3.63) is 84.4 Å². The summed E-state index contributed by atoms with van der Waals surface area (Å²) in [4.78, 5) is 34.3. The number of carbonyl (C=O) groups excluding carboxylic acids is 2. The first-order valence-electron chi connectivity index (χ1n) is 11.0. The third-order valence-corrected chi connectivity index (χ3v) is 5.93. The smallest absolute Gasteiger partial charge is 0.266 e. The van der Waals surface area contributed by atoms with Crippen LogP contribution < -0.4 is 14.7 Å². The van der Waals surface area contributed by atoms with Crippen molar-refractivity contribution in [3.8, 4) is 11.5 Å². The lowest BCUT2D eigenvalue weighted by molar-refractivity contribution is -0.126. The van der Waals surface area contributed by atoms with E-state index in [9.17, 15) is 14.7 Å². The van der Waals surface area contributed by atoms with Crippen LogP contribution in [-0.2, 0) is 14.4 Å². The predicted molar refractivity (Wildman–Crippen MR) is 123 cm³/mol. The number of amides is 2. The Balaban J connectivity index is 1.49. The van der Waals surface area contributed by atoms with Crippen LogP contribution in [0.2, 0.25) is 0 Å². The monoisotopic (exact) mass is 444 g/mol. The molecule has 2 fully saturated rings. The van der Waals surface area contributed by atoms with E-state index < -0.39 is 24.0 Å². The van der Waals surface area contributed by atoms with E-state index >= 15 is 0 Å². The predicted octanol–water partition coefficient (Wildman–Crippen LogP) is 4.23. The van der Waals surface area contributed by atoms with Crippen molar-refractivity contribution in [2.24, 2.45) is 5.92 Å². The summed E-state index contributed by atoms with van der Waals surface area (Å²) < 4.78 is 5.61. The molecule has 0 bridgehead atoms. The van der Waals surface area contributed by atoms with E-state index in [4.69, 9.17) is 9.57 Å². The number of imide groups is 1. The van der Waals surface area contributed by atoms with Crippen molar-refractivity contribution >= 4 is 23.2 Å². The van der Waals surface area contributed by atoms with Crippen LogP contribution in [0.3, 0.4) is 0 Å². The van der Waals surface area contributed by atoms with Gasteiger partial charge in [-0.05, 0) is 60.5 Å². The molecule has 3 aromatic carbocycles. The minimum atomic E-state index is -0.937. The third-order valence-electron chi connectivity index (χ3n) is 5.93. The summed E-state index contributed by atoms with van der Waals surface area (Å²) in [5, 5.41) is 11.4. The molecule has 1 N–H and O–H groups in total. The molecule has 0 unspecified atom stereocenters. The summed E-state index contributed by atoms with van der Waals surface area (Å²) in [7, 11) is 0. The fraction of sp³-hybridized carbons (Fsp3) is 0.231. The molecule has 7 heteroatoms. The van der Waals surface area contributed by atoms with Crippen LogP contribution in [0.1, 0.15) is 24.9 Å². The molecule has 3 atom stereocenters. The zero-order chi connectivity index (χ0) is 22.9. The molecule has 168 valence electrons. The van der Waals surface area contributed by atoms with Crippen molar-refractivity contribution in [2.45, 2.75) is 25.5 Å². The number of hydrogen-bond acceptors (Lipinski definition) is 6. The molecule has 0 spiro atoms. The number of fused-ring (bicyclic) bond motifs is 1. The lowest BCUT2D eigenvalue weighted by atomic mass is 9.90. The van der Waals surface area contributed by atoms with E-state index in [1.807, 2.05) is 37.3 Å². The van der Waals surface area contributed by atoms with Crippen LogP contribution in [0.15, 0.2) is 78.9 Å². The number of rotatable bonds is 6. The molecule has 2 aliphatic rings. The largest absolute Gasteiger partial charge is 0.508 e. The molecule has 0 saturated carbocycles. The standard InChI is InChI=1S/C26H24N2O5/c1-2-16-32-21-14-10-18(11-15-21)27-25(30)22-23(17-8-12-20(29)13-9-17)28(33-24(22)26(27)31)19-6-4-3-5-7-19/h3-15,22-24,29H,2,16H2,1H3/t22-,23+,24-/m1/s1. The van der Waals surface area contributed by atoms with Crippen molar-refractivity contribution in [1.82, 2.24) is 0 Å². The molecule has 7 nitrogen and oxygen atoms in total. The van der Waals surface area contributed by atoms with Crippen LogP contribution in [0, 0.1) is 5.92 Å². The number of aromatic hydroxyl groups is 1. The summed E-state index contributed by atoms with van der Waals surface area (Å²) >= 11 is 0. The van der Waals surface area contributed by atoms with Gasteiger partial charge in [0.05, 0.1) is 24.0 Å². The van der Waals surface area contributed by atoms with Gasteiger partial charge in [-0.25, -0.2) is 9.96 Å². The third kappa shape index (κ3) is 3.70. The second-order valence-corrected chi connectivity index (χ2v) is 8.10.